The molecule has 3 N–H and O–H groups in total. The molecule has 0 heterocycles. The van der Waals surface area contributed by atoms with E-state index in [-0.39, 0.29) is 17.5 Å². The van der Waals surface area contributed by atoms with Gasteiger partial charge in [-0.25, -0.2) is 13.1 Å². The lowest BCUT2D eigenvalue weighted by Gasteiger charge is -2.22. The van der Waals surface area contributed by atoms with Crippen LogP contribution in [-0.4, -0.2) is 32.7 Å². The van der Waals surface area contributed by atoms with Crippen LogP contribution in [0.2, 0.25) is 0 Å². The van der Waals surface area contributed by atoms with Crippen LogP contribution in [0.25, 0.3) is 0 Å². The molecule has 1 atom stereocenters. The van der Waals surface area contributed by atoms with Gasteiger partial charge in [-0.3, -0.25) is 0 Å². The summed E-state index contributed by atoms with van der Waals surface area (Å²) in [5.41, 5.74) is 0.854. The van der Waals surface area contributed by atoms with Crippen LogP contribution in [0.1, 0.15) is 27.2 Å². The van der Waals surface area contributed by atoms with Gasteiger partial charge >= 0.3 is 0 Å². The van der Waals surface area contributed by atoms with E-state index in [1.165, 1.54) is 0 Å². The molecule has 0 saturated heterocycles. The number of hydrogen-bond donors (Lipinski definition) is 3. The predicted molar refractivity (Wildman–Crippen MR) is 81.3 cm³/mol. The molecule has 114 valence electrons. The van der Waals surface area contributed by atoms with E-state index >= 15 is 0 Å². The molecular weight excluding hydrogens is 276 g/mol. The molecule has 1 unspecified atom stereocenters. The molecule has 6 heteroatoms. The lowest BCUT2D eigenvalue weighted by Crippen LogP contribution is -2.27. The number of rotatable bonds is 8. The Labute approximate surface area is 121 Å². The summed E-state index contributed by atoms with van der Waals surface area (Å²) in [4.78, 5) is 0.258. The third kappa shape index (κ3) is 4.77. The zero-order chi connectivity index (χ0) is 15.2. The van der Waals surface area contributed by atoms with E-state index in [9.17, 15) is 8.42 Å². The highest BCUT2D eigenvalue weighted by atomic mass is 32.2. The van der Waals surface area contributed by atoms with Crippen molar-refractivity contribution in [1.82, 2.24) is 4.72 Å². The second kappa shape index (κ2) is 7.61. The summed E-state index contributed by atoms with van der Waals surface area (Å²) in [6.07, 6.45) is 0.662. The van der Waals surface area contributed by atoms with Crippen molar-refractivity contribution in [1.29, 1.82) is 0 Å². The van der Waals surface area contributed by atoms with Crippen LogP contribution < -0.4 is 10.0 Å². The minimum Gasteiger partial charge on any atom is -0.396 e. The highest BCUT2D eigenvalue weighted by Gasteiger charge is 2.14. The van der Waals surface area contributed by atoms with E-state index < -0.39 is 10.0 Å². The summed E-state index contributed by atoms with van der Waals surface area (Å²) in [5, 5.41) is 12.4. The molecule has 1 aromatic carbocycles. The van der Waals surface area contributed by atoms with Gasteiger partial charge in [0.15, 0.2) is 0 Å². The van der Waals surface area contributed by atoms with E-state index in [1.807, 2.05) is 0 Å². The molecule has 20 heavy (non-hydrogen) atoms. The fraction of sp³-hybridized carbons (Fsp3) is 0.571. The first-order valence-electron chi connectivity index (χ1n) is 6.87. The monoisotopic (exact) mass is 300 g/mol. The van der Waals surface area contributed by atoms with Crippen molar-refractivity contribution in [3.8, 4) is 0 Å². The maximum absolute atomic E-state index is 11.8. The van der Waals surface area contributed by atoms with E-state index in [0.717, 1.165) is 5.69 Å². The Bertz CT molecular complexity index is 498. The molecule has 0 fully saturated rings. The van der Waals surface area contributed by atoms with Crippen LogP contribution >= 0.6 is 0 Å². The van der Waals surface area contributed by atoms with Gasteiger partial charge in [0.1, 0.15) is 0 Å². The average molecular weight is 300 g/mol. The van der Waals surface area contributed by atoms with Crippen LogP contribution in [0.15, 0.2) is 29.2 Å². The number of sulfonamides is 1. The molecule has 0 saturated carbocycles. The van der Waals surface area contributed by atoms with Crippen LogP contribution in [0.3, 0.4) is 0 Å². The van der Waals surface area contributed by atoms with Gasteiger partial charge in [0, 0.05) is 24.9 Å². The van der Waals surface area contributed by atoms with Crippen molar-refractivity contribution in [2.45, 2.75) is 38.1 Å². The molecule has 0 aliphatic rings. The Kier molecular flexibility index (Phi) is 6.45. The summed E-state index contributed by atoms with van der Waals surface area (Å²) in [5.74, 6) is 0.382. The fourth-order valence-corrected chi connectivity index (χ4v) is 2.97. The first-order chi connectivity index (χ1) is 9.40. The maximum atomic E-state index is 11.8. The Morgan fingerprint density at radius 3 is 2.25 bits per heavy atom. The Morgan fingerprint density at radius 2 is 1.80 bits per heavy atom. The molecule has 0 radical (unpaired) electrons. The average Bonchev–Trinajstić information content (AvgIpc) is 2.38. The van der Waals surface area contributed by atoms with Crippen LogP contribution in [0.5, 0.6) is 0 Å². The molecule has 0 aliphatic heterocycles. The molecule has 0 bridgehead atoms. The summed E-state index contributed by atoms with van der Waals surface area (Å²) in [6, 6.07) is 6.82. The first kappa shape index (κ1) is 16.9. The third-order valence-corrected chi connectivity index (χ3v) is 4.66. The van der Waals surface area contributed by atoms with Crippen molar-refractivity contribution in [2.75, 3.05) is 18.5 Å². The van der Waals surface area contributed by atoms with Gasteiger partial charge in [-0.05, 0) is 36.6 Å². The van der Waals surface area contributed by atoms with Crippen molar-refractivity contribution >= 4 is 15.7 Å². The topological polar surface area (TPSA) is 78.4 Å². The molecule has 1 aromatic rings. The third-order valence-electron chi connectivity index (χ3n) is 3.10. The van der Waals surface area contributed by atoms with Gasteiger partial charge in [0.2, 0.25) is 10.0 Å². The van der Waals surface area contributed by atoms with Gasteiger partial charge in [0.05, 0.1) is 4.90 Å². The Morgan fingerprint density at radius 1 is 1.20 bits per heavy atom. The molecule has 0 amide bonds. The molecule has 0 aliphatic carbocycles. The summed E-state index contributed by atoms with van der Waals surface area (Å²) >= 11 is 0. The van der Waals surface area contributed by atoms with E-state index in [0.29, 0.717) is 18.9 Å². The molecule has 0 spiro atoms. The van der Waals surface area contributed by atoms with Gasteiger partial charge in [0.25, 0.3) is 0 Å². The fourth-order valence-electron chi connectivity index (χ4n) is 1.93. The molecular formula is C14H24N2O3S. The van der Waals surface area contributed by atoms with Crippen LogP contribution in [0, 0.1) is 5.92 Å². The zero-order valence-electron chi connectivity index (χ0n) is 12.3. The summed E-state index contributed by atoms with van der Waals surface area (Å²) in [6.45, 7) is 6.40. The lowest BCUT2D eigenvalue weighted by atomic mass is 10.0. The quantitative estimate of drug-likeness (QED) is 0.684. The van der Waals surface area contributed by atoms with Gasteiger partial charge < -0.3 is 10.4 Å². The highest BCUT2D eigenvalue weighted by molar-refractivity contribution is 7.89. The number of anilines is 1. The lowest BCUT2D eigenvalue weighted by molar-refractivity contribution is 0.267. The van der Waals surface area contributed by atoms with E-state index in [1.54, 1.807) is 31.2 Å². The van der Waals surface area contributed by atoms with Crippen LogP contribution in [-0.2, 0) is 10.0 Å². The second-order valence-corrected chi connectivity index (χ2v) is 6.80. The second-order valence-electron chi connectivity index (χ2n) is 5.03. The Balaban J connectivity index is 2.81. The van der Waals surface area contributed by atoms with Gasteiger partial charge in [-0.1, -0.05) is 20.8 Å². The standard InChI is InChI=1S/C14H24N2O3S/c1-4-15-20(18,19)13-7-5-12(6-8-13)16-14(9-10-17)11(2)3/h5-8,11,14-17H,4,9-10H2,1-3H3. The first-order valence-corrected chi connectivity index (χ1v) is 8.36. The van der Waals surface area contributed by atoms with E-state index in [2.05, 4.69) is 23.9 Å². The molecule has 0 aromatic heterocycles. The normalized spacial score (nSPS) is 13.4. The number of benzene rings is 1. The SMILES string of the molecule is CCNS(=O)(=O)c1ccc(NC(CCO)C(C)C)cc1. The van der Waals surface area contributed by atoms with E-state index in [4.69, 9.17) is 5.11 Å². The Hall–Kier alpha value is -1.11. The maximum Gasteiger partial charge on any atom is 0.240 e. The van der Waals surface area contributed by atoms with Gasteiger partial charge in [-0.2, -0.15) is 0 Å². The van der Waals surface area contributed by atoms with Crippen molar-refractivity contribution in [2.24, 2.45) is 5.92 Å². The summed E-state index contributed by atoms with van der Waals surface area (Å²) in [7, 11) is -3.40. The molecule has 1 rings (SSSR count). The van der Waals surface area contributed by atoms with Gasteiger partial charge in [-0.15, -0.1) is 0 Å². The number of nitrogens with one attached hydrogen (secondary N) is 2. The van der Waals surface area contributed by atoms with Crippen molar-refractivity contribution in [3.05, 3.63) is 24.3 Å². The summed E-state index contributed by atoms with van der Waals surface area (Å²) < 4.78 is 26.1. The predicted octanol–water partition coefficient (Wildman–Crippen LogP) is 1.80. The van der Waals surface area contributed by atoms with Crippen molar-refractivity contribution in [3.63, 3.8) is 0 Å². The van der Waals surface area contributed by atoms with Crippen molar-refractivity contribution < 1.29 is 13.5 Å². The zero-order valence-corrected chi connectivity index (χ0v) is 13.1. The largest absolute Gasteiger partial charge is 0.396 e. The minimum absolute atomic E-state index is 0.128. The minimum atomic E-state index is -3.40. The van der Waals surface area contributed by atoms with Crippen LogP contribution in [0.4, 0.5) is 5.69 Å². The number of hydrogen-bond acceptors (Lipinski definition) is 4. The smallest absolute Gasteiger partial charge is 0.240 e. The molecule has 5 nitrogen and oxygen atoms in total. The highest BCUT2D eigenvalue weighted by Crippen LogP contribution is 2.18. The number of aliphatic hydroxyl groups excluding tert-OH is 1. The number of aliphatic hydroxyl groups is 1.